The summed E-state index contributed by atoms with van der Waals surface area (Å²) in [5.41, 5.74) is 3.91. The van der Waals surface area contributed by atoms with Gasteiger partial charge in [-0.05, 0) is 110 Å². The molecular formula is C35H40F3NO3. The van der Waals surface area contributed by atoms with Gasteiger partial charge in [0.25, 0.3) is 0 Å². The molecule has 0 bridgehead atoms. The highest BCUT2D eigenvalue weighted by Gasteiger charge is 2.65. The SMILES string of the molecule is COCC(=O)[C@@]1(C#CC(F)(F)F)CC[C@H]2[C@@H]3CCC4=CC(=O)CCC4=C3[C@@H](c3ccc(N4CCCCC4)cc3)C[C@@]21C. The van der Waals surface area contributed by atoms with E-state index >= 15 is 0 Å². The molecule has 0 N–H and O–H groups in total. The van der Waals surface area contributed by atoms with E-state index in [4.69, 9.17) is 4.74 Å². The van der Waals surface area contributed by atoms with E-state index in [0.29, 0.717) is 32.1 Å². The molecule has 42 heavy (non-hydrogen) atoms. The normalized spacial score (nSPS) is 32.8. The number of methoxy groups -OCH3 is 1. The Kier molecular flexibility index (Phi) is 7.66. The fourth-order valence-corrected chi connectivity index (χ4v) is 9.22. The van der Waals surface area contributed by atoms with Crippen molar-refractivity contribution in [3.05, 3.63) is 52.6 Å². The van der Waals surface area contributed by atoms with Crippen LogP contribution < -0.4 is 4.90 Å². The molecule has 1 heterocycles. The van der Waals surface area contributed by atoms with Crippen LogP contribution in [0.3, 0.4) is 0 Å². The maximum Gasteiger partial charge on any atom is 0.457 e. The molecule has 0 aromatic heterocycles. The van der Waals surface area contributed by atoms with Crippen LogP contribution in [0.4, 0.5) is 18.9 Å². The molecule has 5 atom stereocenters. The minimum Gasteiger partial charge on any atom is -0.377 e. The van der Waals surface area contributed by atoms with Gasteiger partial charge in [0, 0.05) is 44.1 Å². The molecule has 224 valence electrons. The molecule has 4 aliphatic carbocycles. The second-order valence-corrected chi connectivity index (χ2v) is 13.2. The molecule has 0 amide bonds. The zero-order valence-corrected chi connectivity index (χ0v) is 24.6. The van der Waals surface area contributed by atoms with Gasteiger partial charge in [-0.25, -0.2) is 0 Å². The predicted octanol–water partition coefficient (Wildman–Crippen LogP) is 7.34. The van der Waals surface area contributed by atoms with Gasteiger partial charge in [-0.3, -0.25) is 9.59 Å². The zero-order chi connectivity index (χ0) is 29.7. The number of benzene rings is 1. The predicted molar refractivity (Wildman–Crippen MR) is 156 cm³/mol. The number of nitrogens with zero attached hydrogens (tertiary/aromatic N) is 1. The largest absolute Gasteiger partial charge is 0.457 e. The van der Waals surface area contributed by atoms with Crippen LogP contribution in [0.15, 0.2) is 47.1 Å². The third-order valence-corrected chi connectivity index (χ3v) is 11.1. The van der Waals surface area contributed by atoms with Crippen molar-refractivity contribution in [2.24, 2.45) is 22.7 Å². The van der Waals surface area contributed by atoms with E-state index in [1.807, 2.05) is 13.0 Å². The van der Waals surface area contributed by atoms with Gasteiger partial charge in [0.1, 0.15) is 6.61 Å². The molecule has 0 spiro atoms. The molecule has 7 heteroatoms. The second kappa shape index (κ2) is 11.0. The number of ether oxygens (including phenoxy) is 1. The molecule has 5 aliphatic rings. The Bertz CT molecular complexity index is 1370. The number of ketones is 2. The Morgan fingerprint density at radius 1 is 1.07 bits per heavy atom. The lowest BCUT2D eigenvalue weighted by Crippen LogP contribution is -2.51. The van der Waals surface area contributed by atoms with Crippen molar-refractivity contribution in [2.75, 3.05) is 31.7 Å². The molecule has 1 aromatic carbocycles. The maximum atomic E-state index is 13.8. The van der Waals surface area contributed by atoms with E-state index in [1.54, 1.807) is 0 Å². The Morgan fingerprint density at radius 2 is 1.81 bits per heavy atom. The number of carbonyl (C=O) groups is 2. The molecule has 0 radical (unpaired) electrons. The lowest BCUT2D eigenvalue weighted by Gasteiger charge is -2.54. The average Bonchev–Trinajstić information content (AvgIpc) is 3.28. The molecule has 6 rings (SSSR count). The Balaban J connectivity index is 1.48. The smallest absolute Gasteiger partial charge is 0.377 e. The van der Waals surface area contributed by atoms with Gasteiger partial charge in [0.05, 0.1) is 5.41 Å². The summed E-state index contributed by atoms with van der Waals surface area (Å²) in [5.74, 6) is 4.03. The standard InChI is InChI=1S/C35H40F3NO3/c1-33-21-29(23-6-9-25(10-7-23)39-18-4-3-5-19-39)32-27-13-11-26(40)20-24(27)8-12-28(32)30(33)14-15-34(33,31(41)22-42-2)16-17-35(36,37)38/h6-7,9-10,20,28-30H,3-5,8,11-15,18-19,21-22H2,1-2H3/t28-,29+,30-,33-,34-/m0/s1. The van der Waals surface area contributed by atoms with Gasteiger partial charge in [-0.15, -0.1) is 0 Å². The molecule has 3 fully saturated rings. The average molecular weight is 580 g/mol. The summed E-state index contributed by atoms with van der Waals surface area (Å²) in [7, 11) is 1.41. The maximum absolute atomic E-state index is 13.8. The van der Waals surface area contributed by atoms with E-state index in [0.717, 1.165) is 37.1 Å². The van der Waals surface area contributed by atoms with E-state index in [-0.39, 0.29) is 35.9 Å². The Labute approximate surface area is 246 Å². The van der Waals surface area contributed by atoms with Crippen LogP contribution in [-0.4, -0.2) is 44.5 Å². The van der Waals surface area contributed by atoms with E-state index in [2.05, 4.69) is 35.1 Å². The van der Waals surface area contributed by atoms with Gasteiger partial charge in [-0.2, -0.15) is 13.2 Å². The Morgan fingerprint density at radius 3 is 2.50 bits per heavy atom. The highest BCUT2D eigenvalue weighted by atomic mass is 19.4. The van der Waals surface area contributed by atoms with Gasteiger partial charge in [0.15, 0.2) is 11.6 Å². The first-order valence-corrected chi connectivity index (χ1v) is 15.5. The molecule has 2 saturated carbocycles. The van der Waals surface area contributed by atoms with Crippen molar-refractivity contribution in [1.82, 2.24) is 0 Å². The van der Waals surface area contributed by atoms with Crippen LogP contribution in [0.1, 0.15) is 82.6 Å². The fraction of sp³-hybridized carbons (Fsp3) is 0.600. The lowest BCUT2D eigenvalue weighted by molar-refractivity contribution is -0.136. The first kappa shape index (κ1) is 29.2. The summed E-state index contributed by atoms with van der Waals surface area (Å²) in [4.78, 5) is 28.6. The summed E-state index contributed by atoms with van der Waals surface area (Å²) in [6.07, 6.45) is 5.10. The number of carbonyl (C=O) groups excluding carboxylic acids is 2. The third kappa shape index (κ3) is 4.94. The minimum absolute atomic E-state index is 0.0337. The summed E-state index contributed by atoms with van der Waals surface area (Å²) in [6, 6.07) is 8.73. The molecule has 1 aromatic rings. The Hall–Kier alpha value is -2.85. The summed E-state index contributed by atoms with van der Waals surface area (Å²) < 4.78 is 45.8. The van der Waals surface area contributed by atoms with E-state index in [1.165, 1.54) is 49.1 Å². The van der Waals surface area contributed by atoms with Crippen molar-refractivity contribution >= 4 is 17.3 Å². The summed E-state index contributed by atoms with van der Waals surface area (Å²) in [5, 5.41) is 0. The molecule has 0 unspecified atom stereocenters. The first-order valence-electron chi connectivity index (χ1n) is 15.5. The number of piperidine rings is 1. The van der Waals surface area contributed by atoms with Crippen molar-refractivity contribution in [2.45, 2.75) is 83.2 Å². The van der Waals surface area contributed by atoms with Crippen LogP contribution in [0, 0.1) is 34.5 Å². The van der Waals surface area contributed by atoms with E-state index in [9.17, 15) is 22.8 Å². The first-order chi connectivity index (χ1) is 20.1. The third-order valence-electron chi connectivity index (χ3n) is 11.1. The van der Waals surface area contributed by atoms with Crippen molar-refractivity contribution in [3.8, 4) is 11.8 Å². The van der Waals surface area contributed by atoms with Crippen LogP contribution in [0.25, 0.3) is 0 Å². The van der Waals surface area contributed by atoms with Crippen LogP contribution in [-0.2, 0) is 14.3 Å². The van der Waals surface area contributed by atoms with Gasteiger partial charge < -0.3 is 9.64 Å². The highest BCUT2D eigenvalue weighted by molar-refractivity contribution is 5.93. The van der Waals surface area contributed by atoms with Crippen LogP contribution in [0.5, 0.6) is 0 Å². The lowest BCUT2D eigenvalue weighted by atomic mass is 9.48. The van der Waals surface area contributed by atoms with Crippen LogP contribution in [0.2, 0.25) is 0 Å². The topological polar surface area (TPSA) is 46.6 Å². The van der Waals surface area contributed by atoms with E-state index < -0.39 is 17.0 Å². The zero-order valence-electron chi connectivity index (χ0n) is 24.6. The number of hydrogen-bond acceptors (Lipinski definition) is 4. The number of alkyl halides is 3. The summed E-state index contributed by atoms with van der Waals surface area (Å²) >= 11 is 0. The van der Waals surface area contributed by atoms with Gasteiger partial charge in [-0.1, -0.05) is 30.6 Å². The molecule has 1 aliphatic heterocycles. The number of anilines is 1. The molecule has 1 saturated heterocycles. The second-order valence-electron chi connectivity index (χ2n) is 13.2. The number of allylic oxidation sites excluding steroid dienone is 4. The quantitative estimate of drug-likeness (QED) is 0.343. The number of rotatable bonds is 5. The van der Waals surface area contributed by atoms with Crippen molar-refractivity contribution in [1.29, 1.82) is 0 Å². The van der Waals surface area contributed by atoms with Crippen LogP contribution >= 0.6 is 0 Å². The number of halogens is 3. The van der Waals surface area contributed by atoms with Crippen molar-refractivity contribution in [3.63, 3.8) is 0 Å². The number of hydrogen-bond donors (Lipinski definition) is 0. The number of fused-ring (bicyclic) bond motifs is 4. The molecule has 4 nitrogen and oxygen atoms in total. The fourth-order valence-electron chi connectivity index (χ4n) is 9.22. The van der Waals surface area contributed by atoms with Crippen molar-refractivity contribution < 1.29 is 27.5 Å². The van der Waals surface area contributed by atoms with Gasteiger partial charge in [0.2, 0.25) is 0 Å². The monoisotopic (exact) mass is 579 g/mol. The molecular weight excluding hydrogens is 539 g/mol. The highest BCUT2D eigenvalue weighted by Crippen LogP contribution is 2.69. The summed E-state index contributed by atoms with van der Waals surface area (Å²) in [6.45, 7) is 3.86. The number of Topliss-reactive ketones (excluding diaryl/α,β-unsaturated/α-hetero) is 1. The minimum atomic E-state index is -4.68. The van der Waals surface area contributed by atoms with Gasteiger partial charge >= 0.3 is 6.18 Å².